The van der Waals surface area contributed by atoms with E-state index < -0.39 is 5.25 Å². The predicted octanol–water partition coefficient (Wildman–Crippen LogP) is 4.53. The Kier molecular flexibility index (Phi) is 5.88. The largest absolute Gasteiger partial charge is 0.325 e. The third-order valence-corrected chi connectivity index (χ3v) is 6.08. The molecule has 0 aliphatic carbocycles. The number of nitrogens with zero attached hydrogens (tertiary/aromatic N) is 3. The van der Waals surface area contributed by atoms with Crippen LogP contribution in [0, 0.1) is 0 Å². The highest BCUT2D eigenvalue weighted by Crippen LogP contribution is 2.25. The molecule has 0 unspecified atom stereocenters. The Labute approximate surface area is 190 Å². The van der Waals surface area contributed by atoms with Crippen molar-refractivity contribution in [3.05, 3.63) is 76.7 Å². The molecular weight excluding hydrogens is 422 g/mol. The lowest BCUT2D eigenvalue weighted by Crippen LogP contribution is -2.23. The number of anilines is 1. The van der Waals surface area contributed by atoms with Crippen LogP contribution in [0.3, 0.4) is 0 Å². The molecule has 32 heavy (non-hydrogen) atoms. The molecular formula is C24H25N5O2S. The Morgan fingerprint density at radius 1 is 1.09 bits per heavy atom. The zero-order valence-electron chi connectivity index (χ0n) is 18.4. The van der Waals surface area contributed by atoms with E-state index in [2.05, 4.69) is 41.2 Å². The number of amides is 1. The molecule has 1 amide bonds. The first-order chi connectivity index (χ1) is 15.2. The van der Waals surface area contributed by atoms with Crippen molar-refractivity contribution in [3.8, 4) is 5.69 Å². The highest BCUT2D eigenvalue weighted by molar-refractivity contribution is 8.00. The maximum absolute atomic E-state index is 12.7. The summed E-state index contributed by atoms with van der Waals surface area (Å²) in [5.41, 5.74) is 2.95. The molecule has 2 aromatic heterocycles. The topological polar surface area (TPSA) is 92.7 Å². The van der Waals surface area contributed by atoms with Gasteiger partial charge in [0.15, 0.2) is 10.8 Å². The van der Waals surface area contributed by atoms with Crippen LogP contribution in [0.15, 0.2) is 70.7 Å². The molecule has 7 nitrogen and oxygen atoms in total. The van der Waals surface area contributed by atoms with Crippen molar-refractivity contribution in [1.29, 1.82) is 0 Å². The number of hydrogen-bond donors (Lipinski definition) is 2. The van der Waals surface area contributed by atoms with Crippen molar-refractivity contribution in [2.75, 3.05) is 5.32 Å². The van der Waals surface area contributed by atoms with Crippen LogP contribution in [-0.4, -0.2) is 30.9 Å². The Bertz CT molecular complexity index is 1300. The van der Waals surface area contributed by atoms with Crippen molar-refractivity contribution >= 4 is 34.4 Å². The zero-order valence-corrected chi connectivity index (χ0v) is 19.2. The van der Waals surface area contributed by atoms with Gasteiger partial charge in [0.1, 0.15) is 5.39 Å². The number of hydrogen-bond acceptors (Lipinski definition) is 5. The molecule has 0 aliphatic heterocycles. The van der Waals surface area contributed by atoms with Crippen molar-refractivity contribution in [2.45, 2.75) is 43.5 Å². The second kappa shape index (κ2) is 8.63. The molecule has 2 aromatic carbocycles. The Hall–Kier alpha value is -3.39. The summed E-state index contributed by atoms with van der Waals surface area (Å²) in [4.78, 5) is 32.6. The van der Waals surface area contributed by atoms with Gasteiger partial charge in [-0.05, 0) is 42.2 Å². The third-order valence-electron chi connectivity index (χ3n) is 5.09. The number of benzene rings is 2. The van der Waals surface area contributed by atoms with Crippen LogP contribution in [0.25, 0.3) is 16.7 Å². The van der Waals surface area contributed by atoms with E-state index in [0.717, 1.165) is 11.4 Å². The second-order valence-electron chi connectivity index (χ2n) is 8.58. The van der Waals surface area contributed by atoms with E-state index in [-0.39, 0.29) is 16.9 Å². The minimum Gasteiger partial charge on any atom is -0.325 e. The van der Waals surface area contributed by atoms with Crippen LogP contribution in [-0.2, 0) is 10.2 Å². The van der Waals surface area contributed by atoms with E-state index in [9.17, 15) is 9.59 Å². The fourth-order valence-corrected chi connectivity index (χ4v) is 4.02. The van der Waals surface area contributed by atoms with Crippen LogP contribution in [0.4, 0.5) is 5.69 Å². The summed E-state index contributed by atoms with van der Waals surface area (Å²) >= 11 is 1.19. The van der Waals surface area contributed by atoms with Gasteiger partial charge >= 0.3 is 0 Å². The number of carbonyl (C=O) groups is 1. The lowest BCUT2D eigenvalue weighted by molar-refractivity contribution is -0.115. The quantitative estimate of drug-likeness (QED) is 0.346. The first-order valence-electron chi connectivity index (χ1n) is 10.3. The number of carbonyl (C=O) groups excluding carboxylic acids is 1. The molecule has 4 rings (SSSR count). The Morgan fingerprint density at radius 3 is 2.44 bits per heavy atom. The predicted molar refractivity (Wildman–Crippen MR) is 129 cm³/mol. The van der Waals surface area contributed by atoms with Crippen LogP contribution >= 0.6 is 11.8 Å². The minimum absolute atomic E-state index is 0.0497. The number of para-hydroxylation sites is 1. The Balaban J connectivity index is 1.52. The lowest BCUT2D eigenvalue weighted by Gasteiger charge is -2.19. The summed E-state index contributed by atoms with van der Waals surface area (Å²) in [5, 5.41) is 7.53. The fourth-order valence-electron chi connectivity index (χ4n) is 3.23. The molecule has 2 heterocycles. The fraction of sp³-hybridized carbons (Fsp3) is 0.250. The summed E-state index contributed by atoms with van der Waals surface area (Å²) in [6, 6.07) is 17.3. The first kappa shape index (κ1) is 21.8. The van der Waals surface area contributed by atoms with Crippen molar-refractivity contribution < 1.29 is 4.79 Å². The monoisotopic (exact) mass is 447 g/mol. The number of thioether (sulfide) groups is 1. The number of aromatic nitrogens is 4. The standard InChI is InChI=1S/C24H25N5O2S/c1-15(21(30)26-17-12-10-16(11-13-17)24(2,3)4)32-23-27-20-19(22(31)28-23)14-25-29(20)18-8-6-5-7-9-18/h5-15H,1-4H3,(H,26,30)(H,27,28,31)/t15-/m0/s1. The molecule has 1 atom stereocenters. The maximum Gasteiger partial charge on any atom is 0.262 e. The number of fused-ring (bicyclic) bond motifs is 1. The number of aromatic amines is 1. The summed E-state index contributed by atoms with van der Waals surface area (Å²) < 4.78 is 1.62. The smallest absolute Gasteiger partial charge is 0.262 e. The zero-order chi connectivity index (χ0) is 22.9. The van der Waals surface area contributed by atoms with Gasteiger partial charge in [-0.2, -0.15) is 5.10 Å². The van der Waals surface area contributed by atoms with E-state index in [0.29, 0.717) is 16.2 Å². The van der Waals surface area contributed by atoms with E-state index in [1.165, 1.54) is 23.5 Å². The van der Waals surface area contributed by atoms with Crippen LogP contribution in [0.1, 0.15) is 33.3 Å². The molecule has 0 aliphatic rings. The van der Waals surface area contributed by atoms with Gasteiger partial charge in [0.2, 0.25) is 5.91 Å². The molecule has 0 spiro atoms. The summed E-state index contributed by atoms with van der Waals surface area (Å²) in [6.45, 7) is 8.22. The van der Waals surface area contributed by atoms with Gasteiger partial charge in [-0.15, -0.1) is 0 Å². The number of nitrogens with one attached hydrogen (secondary N) is 2. The van der Waals surface area contributed by atoms with Gasteiger partial charge in [-0.25, -0.2) is 9.67 Å². The van der Waals surface area contributed by atoms with E-state index in [1.807, 2.05) is 54.6 Å². The second-order valence-corrected chi connectivity index (χ2v) is 9.91. The molecule has 4 aromatic rings. The average molecular weight is 448 g/mol. The third kappa shape index (κ3) is 4.60. The first-order valence-corrected chi connectivity index (χ1v) is 11.2. The van der Waals surface area contributed by atoms with Gasteiger partial charge in [0.05, 0.1) is 17.1 Å². The number of H-pyrrole nitrogens is 1. The van der Waals surface area contributed by atoms with E-state index in [4.69, 9.17) is 0 Å². The molecule has 0 saturated heterocycles. The minimum atomic E-state index is -0.467. The summed E-state index contributed by atoms with van der Waals surface area (Å²) in [7, 11) is 0. The Morgan fingerprint density at radius 2 is 1.78 bits per heavy atom. The van der Waals surface area contributed by atoms with Gasteiger partial charge in [0, 0.05) is 5.69 Å². The van der Waals surface area contributed by atoms with Gasteiger partial charge < -0.3 is 10.3 Å². The van der Waals surface area contributed by atoms with Gasteiger partial charge in [0.25, 0.3) is 5.56 Å². The SMILES string of the molecule is C[C@H](Sc1nc2c(cnn2-c2ccccc2)c(=O)[nH]1)C(=O)Nc1ccc(C(C)(C)C)cc1. The molecule has 0 fully saturated rings. The molecule has 0 bridgehead atoms. The molecule has 2 N–H and O–H groups in total. The maximum atomic E-state index is 12.7. The highest BCUT2D eigenvalue weighted by atomic mass is 32.2. The summed E-state index contributed by atoms with van der Waals surface area (Å²) in [6.07, 6.45) is 1.50. The number of rotatable bonds is 5. The van der Waals surface area contributed by atoms with Gasteiger partial charge in [-0.1, -0.05) is 62.9 Å². The molecule has 0 saturated carbocycles. The van der Waals surface area contributed by atoms with E-state index >= 15 is 0 Å². The normalized spacial score (nSPS) is 12.6. The summed E-state index contributed by atoms with van der Waals surface area (Å²) in [5.74, 6) is -0.169. The van der Waals surface area contributed by atoms with Crippen LogP contribution in [0.5, 0.6) is 0 Å². The van der Waals surface area contributed by atoms with Crippen molar-refractivity contribution in [1.82, 2.24) is 19.7 Å². The van der Waals surface area contributed by atoms with Crippen molar-refractivity contribution in [2.24, 2.45) is 0 Å². The van der Waals surface area contributed by atoms with Gasteiger partial charge in [-0.3, -0.25) is 9.59 Å². The molecule has 8 heteroatoms. The van der Waals surface area contributed by atoms with Crippen molar-refractivity contribution in [3.63, 3.8) is 0 Å². The van der Waals surface area contributed by atoms with E-state index in [1.54, 1.807) is 11.6 Å². The van der Waals surface area contributed by atoms with Crippen LogP contribution in [0.2, 0.25) is 0 Å². The van der Waals surface area contributed by atoms with Crippen LogP contribution < -0.4 is 10.9 Å². The highest BCUT2D eigenvalue weighted by Gasteiger charge is 2.19. The molecule has 164 valence electrons. The lowest BCUT2D eigenvalue weighted by atomic mass is 9.87. The molecule has 0 radical (unpaired) electrons. The average Bonchev–Trinajstić information content (AvgIpc) is 3.18.